The molecule has 2 heterocycles. The molecule has 8 nitrogen and oxygen atoms in total. The van der Waals surface area contributed by atoms with E-state index in [0.29, 0.717) is 26.1 Å². The number of piperazine rings is 1. The maximum atomic E-state index is 12.5. The summed E-state index contributed by atoms with van der Waals surface area (Å²) >= 11 is 0. The van der Waals surface area contributed by atoms with Gasteiger partial charge in [-0.15, -0.1) is 0 Å². The van der Waals surface area contributed by atoms with Crippen LogP contribution < -0.4 is 9.47 Å². The first-order valence-corrected chi connectivity index (χ1v) is 11.1. The van der Waals surface area contributed by atoms with Crippen LogP contribution in [0.25, 0.3) is 0 Å². The molecule has 1 saturated heterocycles. The van der Waals surface area contributed by atoms with Crippen molar-refractivity contribution in [2.24, 2.45) is 0 Å². The van der Waals surface area contributed by atoms with Crippen molar-refractivity contribution in [2.45, 2.75) is 19.9 Å². The Bertz CT molecular complexity index is 775. The number of nitrogens with zero attached hydrogens (tertiary/aromatic N) is 3. The first kappa shape index (κ1) is 19.9. The molecule has 0 N–H and O–H groups in total. The van der Waals surface area contributed by atoms with E-state index < -0.39 is 10.0 Å². The lowest BCUT2D eigenvalue weighted by Crippen LogP contribution is -2.51. The summed E-state index contributed by atoms with van der Waals surface area (Å²) in [6, 6.07) is 5.94. The van der Waals surface area contributed by atoms with Gasteiger partial charge in [-0.25, -0.2) is 8.42 Å². The first-order chi connectivity index (χ1) is 12.9. The Morgan fingerprint density at radius 1 is 1.15 bits per heavy atom. The average molecular weight is 397 g/mol. The second-order valence-corrected chi connectivity index (χ2v) is 8.92. The summed E-state index contributed by atoms with van der Waals surface area (Å²) in [6.45, 7) is 5.97. The summed E-state index contributed by atoms with van der Waals surface area (Å²) in [5.41, 5.74) is 1.14. The quantitative estimate of drug-likeness (QED) is 0.675. The van der Waals surface area contributed by atoms with Crippen LogP contribution in [0.15, 0.2) is 18.2 Å². The van der Waals surface area contributed by atoms with Gasteiger partial charge in [0.2, 0.25) is 22.7 Å². The van der Waals surface area contributed by atoms with Crippen molar-refractivity contribution < 1.29 is 22.7 Å². The van der Waals surface area contributed by atoms with Crippen molar-refractivity contribution in [3.8, 4) is 11.5 Å². The van der Waals surface area contributed by atoms with Gasteiger partial charge in [-0.1, -0.05) is 13.0 Å². The topological polar surface area (TPSA) is 79.4 Å². The number of ether oxygens (including phenoxy) is 2. The summed E-state index contributed by atoms with van der Waals surface area (Å²) in [7, 11) is -3.36. The van der Waals surface area contributed by atoms with E-state index in [1.165, 1.54) is 4.31 Å². The molecular weight excluding hydrogens is 370 g/mol. The molecule has 0 saturated carbocycles. The summed E-state index contributed by atoms with van der Waals surface area (Å²) < 4.78 is 35.6. The predicted molar refractivity (Wildman–Crippen MR) is 101 cm³/mol. The fourth-order valence-electron chi connectivity index (χ4n) is 3.32. The molecule has 1 aromatic carbocycles. The van der Waals surface area contributed by atoms with Crippen LogP contribution >= 0.6 is 0 Å². The zero-order valence-corrected chi connectivity index (χ0v) is 16.7. The number of amides is 1. The number of carbonyl (C=O) groups is 1. The minimum Gasteiger partial charge on any atom is -0.454 e. The molecule has 150 valence electrons. The van der Waals surface area contributed by atoms with Crippen LogP contribution in [0.1, 0.15) is 18.9 Å². The van der Waals surface area contributed by atoms with Crippen LogP contribution in [-0.4, -0.2) is 80.7 Å². The van der Waals surface area contributed by atoms with Gasteiger partial charge < -0.3 is 14.4 Å². The van der Waals surface area contributed by atoms with Crippen molar-refractivity contribution >= 4 is 15.9 Å². The van der Waals surface area contributed by atoms with Crippen molar-refractivity contribution in [1.82, 2.24) is 14.1 Å². The zero-order chi connectivity index (χ0) is 19.4. The zero-order valence-electron chi connectivity index (χ0n) is 15.9. The lowest BCUT2D eigenvalue weighted by Gasteiger charge is -2.35. The molecule has 2 aliphatic heterocycles. The maximum absolute atomic E-state index is 12.5. The van der Waals surface area contributed by atoms with E-state index >= 15 is 0 Å². The molecule has 1 fully saturated rings. The standard InChI is InChI=1S/C18H27N3O5S/c1-3-6-21(27(2,23)24)13-18(22)20-9-7-19(8-10-20)12-15-4-5-16-17(11-15)26-14-25-16/h4-5,11H,3,6-10,12-14H2,1-2H3. The SMILES string of the molecule is CCCN(CC(=O)N1CCN(Cc2ccc3c(c2)OCO3)CC1)S(C)(=O)=O. The third-order valence-electron chi connectivity index (χ3n) is 4.82. The van der Waals surface area contributed by atoms with Crippen LogP contribution in [0, 0.1) is 0 Å². The highest BCUT2D eigenvalue weighted by atomic mass is 32.2. The Morgan fingerprint density at radius 3 is 2.52 bits per heavy atom. The Hall–Kier alpha value is -1.84. The fourth-order valence-corrected chi connectivity index (χ4v) is 4.17. The van der Waals surface area contributed by atoms with E-state index in [1.807, 2.05) is 25.1 Å². The Labute approximate surface area is 160 Å². The number of carbonyl (C=O) groups excluding carboxylic acids is 1. The van der Waals surface area contributed by atoms with E-state index in [9.17, 15) is 13.2 Å². The number of benzene rings is 1. The molecule has 0 aliphatic carbocycles. The number of sulfonamides is 1. The first-order valence-electron chi connectivity index (χ1n) is 9.20. The van der Waals surface area contributed by atoms with Gasteiger partial charge in [-0.05, 0) is 24.1 Å². The van der Waals surface area contributed by atoms with Gasteiger partial charge in [-0.3, -0.25) is 9.69 Å². The molecule has 3 rings (SSSR count). The maximum Gasteiger partial charge on any atom is 0.237 e. The average Bonchev–Trinajstić information content (AvgIpc) is 3.09. The highest BCUT2D eigenvalue weighted by molar-refractivity contribution is 7.88. The van der Waals surface area contributed by atoms with Crippen molar-refractivity contribution in [2.75, 3.05) is 52.3 Å². The summed E-state index contributed by atoms with van der Waals surface area (Å²) in [5, 5.41) is 0. The van der Waals surface area contributed by atoms with Crippen molar-refractivity contribution in [3.05, 3.63) is 23.8 Å². The van der Waals surface area contributed by atoms with Crippen LogP contribution in [-0.2, 0) is 21.4 Å². The molecule has 0 aromatic heterocycles. The van der Waals surface area contributed by atoms with E-state index in [1.54, 1.807) is 4.90 Å². The molecule has 2 aliphatic rings. The second kappa shape index (κ2) is 8.45. The highest BCUT2D eigenvalue weighted by Crippen LogP contribution is 2.32. The van der Waals surface area contributed by atoms with Crippen LogP contribution in [0.2, 0.25) is 0 Å². The largest absolute Gasteiger partial charge is 0.454 e. The normalized spacial score (nSPS) is 17.5. The van der Waals surface area contributed by atoms with Gasteiger partial charge in [0.05, 0.1) is 12.8 Å². The highest BCUT2D eigenvalue weighted by Gasteiger charge is 2.26. The Morgan fingerprint density at radius 2 is 1.85 bits per heavy atom. The number of fused-ring (bicyclic) bond motifs is 1. The van der Waals surface area contributed by atoms with Crippen molar-refractivity contribution in [3.63, 3.8) is 0 Å². The van der Waals surface area contributed by atoms with E-state index in [-0.39, 0.29) is 19.2 Å². The minimum atomic E-state index is -3.36. The molecule has 9 heteroatoms. The summed E-state index contributed by atoms with van der Waals surface area (Å²) in [6.07, 6.45) is 1.84. The lowest BCUT2D eigenvalue weighted by atomic mass is 10.1. The van der Waals surface area contributed by atoms with Gasteiger partial charge in [-0.2, -0.15) is 4.31 Å². The van der Waals surface area contributed by atoms with Gasteiger partial charge in [0.15, 0.2) is 11.5 Å². The van der Waals surface area contributed by atoms with Gasteiger partial charge in [0.25, 0.3) is 0 Å². The number of rotatable bonds is 7. The third-order valence-corrected chi connectivity index (χ3v) is 6.07. The molecule has 0 radical (unpaired) electrons. The van der Waals surface area contributed by atoms with Crippen LogP contribution in [0.4, 0.5) is 0 Å². The third kappa shape index (κ3) is 5.12. The summed E-state index contributed by atoms with van der Waals surface area (Å²) in [4.78, 5) is 16.5. The molecule has 1 amide bonds. The van der Waals surface area contributed by atoms with E-state index in [0.717, 1.165) is 43.0 Å². The number of hydrogen-bond donors (Lipinski definition) is 0. The van der Waals surface area contributed by atoms with Gasteiger partial charge >= 0.3 is 0 Å². The fraction of sp³-hybridized carbons (Fsp3) is 0.611. The van der Waals surface area contributed by atoms with Gasteiger partial charge in [0.1, 0.15) is 0 Å². The molecular formula is C18H27N3O5S. The lowest BCUT2D eigenvalue weighted by molar-refractivity contribution is -0.133. The van der Waals surface area contributed by atoms with Crippen LogP contribution in [0.5, 0.6) is 11.5 Å². The summed E-state index contributed by atoms with van der Waals surface area (Å²) in [5.74, 6) is 1.42. The van der Waals surface area contributed by atoms with Crippen LogP contribution in [0.3, 0.4) is 0 Å². The predicted octanol–water partition coefficient (Wildman–Crippen LogP) is 0.731. The molecule has 27 heavy (non-hydrogen) atoms. The Balaban J connectivity index is 1.50. The van der Waals surface area contributed by atoms with E-state index in [4.69, 9.17) is 9.47 Å². The van der Waals surface area contributed by atoms with Crippen molar-refractivity contribution in [1.29, 1.82) is 0 Å². The van der Waals surface area contributed by atoms with Gasteiger partial charge in [0, 0.05) is 39.3 Å². The number of hydrogen-bond acceptors (Lipinski definition) is 6. The second-order valence-electron chi connectivity index (χ2n) is 6.94. The molecule has 0 atom stereocenters. The molecule has 0 spiro atoms. The molecule has 1 aromatic rings. The smallest absolute Gasteiger partial charge is 0.237 e. The monoisotopic (exact) mass is 397 g/mol. The molecule has 0 bridgehead atoms. The molecule has 0 unspecified atom stereocenters. The Kier molecular flexibility index (Phi) is 6.23. The minimum absolute atomic E-state index is 0.0746. The van der Waals surface area contributed by atoms with E-state index in [2.05, 4.69) is 4.90 Å².